The van der Waals surface area contributed by atoms with E-state index < -0.39 is 0 Å². The van der Waals surface area contributed by atoms with Crippen molar-refractivity contribution < 1.29 is 19.1 Å². The van der Waals surface area contributed by atoms with Gasteiger partial charge in [-0.1, -0.05) is 26.0 Å². The number of nitrogens with one attached hydrogen (secondary N) is 1. The third kappa shape index (κ3) is 7.67. The molecule has 0 aliphatic heterocycles. The normalized spacial score (nSPS) is 10.4. The van der Waals surface area contributed by atoms with Gasteiger partial charge in [0, 0.05) is 13.0 Å². The third-order valence-electron chi connectivity index (χ3n) is 2.96. The Morgan fingerprint density at radius 1 is 1.27 bits per heavy atom. The molecule has 0 aliphatic rings. The summed E-state index contributed by atoms with van der Waals surface area (Å²) in [6.07, 6.45) is 1.21. The molecule has 0 aromatic heterocycles. The predicted octanol–water partition coefficient (Wildman–Crippen LogP) is 2.33. The van der Waals surface area contributed by atoms with Gasteiger partial charge in [-0.15, -0.1) is 0 Å². The van der Waals surface area contributed by atoms with Gasteiger partial charge < -0.3 is 14.8 Å². The fourth-order valence-corrected chi connectivity index (χ4v) is 1.82. The van der Waals surface area contributed by atoms with Crippen LogP contribution in [0.1, 0.15) is 32.3 Å². The lowest BCUT2D eigenvalue weighted by atomic mass is 10.1. The molecule has 0 saturated carbocycles. The van der Waals surface area contributed by atoms with Crippen molar-refractivity contribution in [2.45, 2.75) is 33.1 Å². The molecule has 1 N–H and O–H groups in total. The van der Waals surface area contributed by atoms with Crippen LogP contribution in [0.4, 0.5) is 0 Å². The summed E-state index contributed by atoms with van der Waals surface area (Å²) < 4.78 is 10.2. The van der Waals surface area contributed by atoms with Crippen LogP contribution in [-0.4, -0.2) is 32.1 Å². The molecule has 0 bridgehead atoms. The van der Waals surface area contributed by atoms with Gasteiger partial charge in [0.1, 0.15) is 5.75 Å². The van der Waals surface area contributed by atoms with Crippen molar-refractivity contribution in [3.05, 3.63) is 29.8 Å². The second-order valence-electron chi connectivity index (χ2n) is 5.56. The van der Waals surface area contributed by atoms with Crippen molar-refractivity contribution in [2.75, 3.05) is 20.3 Å². The van der Waals surface area contributed by atoms with Crippen molar-refractivity contribution in [3.8, 4) is 5.75 Å². The Morgan fingerprint density at radius 2 is 2.05 bits per heavy atom. The number of rotatable bonds is 9. The second-order valence-corrected chi connectivity index (χ2v) is 5.56. The zero-order valence-corrected chi connectivity index (χ0v) is 13.6. The first-order valence-corrected chi connectivity index (χ1v) is 7.56. The first-order valence-electron chi connectivity index (χ1n) is 7.56. The molecule has 0 fully saturated rings. The summed E-state index contributed by atoms with van der Waals surface area (Å²) in [5.41, 5.74) is 0.896. The highest BCUT2D eigenvalue weighted by Crippen LogP contribution is 2.12. The smallest absolute Gasteiger partial charge is 0.305 e. The molecule has 122 valence electrons. The number of hydrogen-bond donors (Lipinski definition) is 1. The second kappa shape index (κ2) is 9.82. The lowest BCUT2D eigenvalue weighted by molar-refractivity contribution is -0.144. The molecule has 1 aromatic rings. The molecule has 0 unspecified atom stereocenters. The molecule has 0 spiro atoms. The van der Waals surface area contributed by atoms with Crippen LogP contribution in [0.25, 0.3) is 0 Å². The molecule has 5 heteroatoms. The van der Waals surface area contributed by atoms with E-state index in [1.807, 2.05) is 38.1 Å². The van der Waals surface area contributed by atoms with Crippen LogP contribution in [0.5, 0.6) is 5.75 Å². The van der Waals surface area contributed by atoms with E-state index in [4.69, 9.17) is 9.47 Å². The minimum Gasteiger partial charge on any atom is -0.497 e. The van der Waals surface area contributed by atoms with Crippen LogP contribution in [-0.2, 0) is 20.7 Å². The number of benzene rings is 1. The number of ether oxygens (including phenoxy) is 2. The van der Waals surface area contributed by atoms with Gasteiger partial charge in [0.15, 0.2) is 0 Å². The fraction of sp³-hybridized carbons (Fsp3) is 0.529. The predicted molar refractivity (Wildman–Crippen MR) is 84.7 cm³/mol. The van der Waals surface area contributed by atoms with E-state index >= 15 is 0 Å². The summed E-state index contributed by atoms with van der Waals surface area (Å²) in [7, 11) is 1.59. The average molecular weight is 307 g/mol. The minimum atomic E-state index is -0.212. The van der Waals surface area contributed by atoms with Crippen LogP contribution in [0.2, 0.25) is 0 Å². The number of hydrogen-bond acceptors (Lipinski definition) is 4. The van der Waals surface area contributed by atoms with Crippen molar-refractivity contribution in [1.29, 1.82) is 0 Å². The van der Waals surface area contributed by atoms with E-state index in [2.05, 4.69) is 5.32 Å². The van der Waals surface area contributed by atoms with Crippen LogP contribution in [0.15, 0.2) is 24.3 Å². The van der Waals surface area contributed by atoms with Gasteiger partial charge in [-0.3, -0.25) is 9.59 Å². The minimum absolute atomic E-state index is 0.0659. The number of esters is 1. The fourth-order valence-electron chi connectivity index (χ4n) is 1.82. The van der Waals surface area contributed by atoms with Gasteiger partial charge in [0.05, 0.1) is 20.1 Å². The molecule has 1 amide bonds. The zero-order valence-electron chi connectivity index (χ0n) is 13.6. The highest BCUT2D eigenvalue weighted by atomic mass is 16.5. The first-order chi connectivity index (χ1) is 10.5. The molecule has 0 atom stereocenters. The molecular formula is C17H25NO4. The van der Waals surface area contributed by atoms with Gasteiger partial charge >= 0.3 is 5.97 Å². The molecule has 0 radical (unpaired) electrons. The Kier molecular flexibility index (Phi) is 8.04. The number of carbonyl (C=O) groups excluding carboxylic acids is 2. The zero-order chi connectivity index (χ0) is 16.4. The Balaban J connectivity index is 2.19. The van der Waals surface area contributed by atoms with Gasteiger partial charge in [-0.05, 0) is 30.0 Å². The van der Waals surface area contributed by atoms with Crippen LogP contribution < -0.4 is 10.1 Å². The van der Waals surface area contributed by atoms with Gasteiger partial charge in [-0.2, -0.15) is 0 Å². The molecule has 0 aliphatic carbocycles. The Morgan fingerprint density at radius 3 is 2.73 bits per heavy atom. The summed E-state index contributed by atoms with van der Waals surface area (Å²) in [6, 6.07) is 7.41. The number of carbonyl (C=O) groups is 2. The van der Waals surface area contributed by atoms with Gasteiger partial charge in [0.25, 0.3) is 0 Å². The van der Waals surface area contributed by atoms with E-state index in [1.165, 1.54) is 0 Å². The molecule has 0 heterocycles. The summed E-state index contributed by atoms with van der Waals surface area (Å²) >= 11 is 0. The van der Waals surface area contributed by atoms with Crippen molar-refractivity contribution in [2.24, 2.45) is 5.92 Å². The first kappa shape index (κ1) is 18.0. The Bertz CT molecular complexity index is 485. The topological polar surface area (TPSA) is 64.6 Å². The third-order valence-corrected chi connectivity index (χ3v) is 2.96. The maximum Gasteiger partial charge on any atom is 0.305 e. The molecule has 22 heavy (non-hydrogen) atoms. The van der Waals surface area contributed by atoms with Crippen LogP contribution in [0, 0.1) is 5.92 Å². The van der Waals surface area contributed by atoms with Crippen molar-refractivity contribution >= 4 is 11.9 Å². The van der Waals surface area contributed by atoms with Crippen molar-refractivity contribution in [1.82, 2.24) is 5.32 Å². The van der Waals surface area contributed by atoms with Crippen LogP contribution >= 0.6 is 0 Å². The Hall–Kier alpha value is -2.04. The lowest BCUT2D eigenvalue weighted by Gasteiger charge is -2.08. The largest absolute Gasteiger partial charge is 0.497 e. The quantitative estimate of drug-likeness (QED) is 0.562. The van der Waals surface area contributed by atoms with Crippen LogP contribution in [0.3, 0.4) is 0 Å². The lowest BCUT2D eigenvalue weighted by Crippen LogP contribution is -2.26. The van der Waals surface area contributed by atoms with Gasteiger partial charge in [0.2, 0.25) is 5.91 Å². The van der Waals surface area contributed by atoms with E-state index in [0.29, 0.717) is 38.3 Å². The van der Waals surface area contributed by atoms with Crippen molar-refractivity contribution in [3.63, 3.8) is 0 Å². The van der Waals surface area contributed by atoms with E-state index in [0.717, 1.165) is 11.3 Å². The summed E-state index contributed by atoms with van der Waals surface area (Å²) in [4.78, 5) is 23.2. The molecule has 0 saturated heterocycles. The summed E-state index contributed by atoms with van der Waals surface area (Å²) in [5, 5.41) is 2.80. The molecule has 1 aromatic carbocycles. The molecule has 5 nitrogen and oxygen atoms in total. The van der Waals surface area contributed by atoms with E-state index in [1.54, 1.807) is 7.11 Å². The Labute approximate surface area is 132 Å². The monoisotopic (exact) mass is 307 g/mol. The maximum atomic E-state index is 11.8. The molecular weight excluding hydrogens is 282 g/mol. The average Bonchev–Trinajstić information content (AvgIpc) is 2.49. The highest BCUT2D eigenvalue weighted by Gasteiger charge is 2.06. The molecule has 1 rings (SSSR count). The SMILES string of the molecule is COc1cccc(CC(=O)NCCCC(=O)OCC(C)C)c1. The standard InChI is InChI=1S/C17H25NO4/c1-13(2)12-22-17(20)8-5-9-18-16(19)11-14-6-4-7-15(10-14)21-3/h4,6-7,10,13H,5,8-9,11-12H2,1-3H3,(H,18,19). The number of amides is 1. The van der Waals surface area contributed by atoms with E-state index in [-0.39, 0.29) is 11.9 Å². The maximum absolute atomic E-state index is 11.8. The summed E-state index contributed by atoms with van der Waals surface area (Å²) in [6.45, 7) is 4.90. The van der Waals surface area contributed by atoms with Gasteiger partial charge in [-0.25, -0.2) is 0 Å². The summed E-state index contributed by atoms with van der Waals surface area (Å²) in [5.74, 6) is 0.796. The highest BCUT2D eigenvalue weighted by molar-refractivity contribution is 5.78. The van der Waals surface area contributed by atoms with E-state index in [9.17, 15) is 9.59 Å². The number of methoxy groups -OCH3 is 1.